The van der Waals surface area contributed by atoms with E-state index < -0.39 is 29.0 Å². The molecule has 0 radical (unpaired) electrons. The molecule has 2 aromatic rings. The molecule has 0 aromatic heterocycles. The highest BCUT2D eigenvalue weighted by atomic mass is 19.2. The van der Waals surface area contributed by atoms with Gasteiger partial charge in [0.05, 0.1) is 12.2 Å². The molecule has 0 aliphatic carbocycles. The van der Waals surface area contributed by atoms with Gasteiger partial charge in [-0.05, 0) is 49.2 Å². The van der Waals surface area contributed by atoms with E-state index in [1.165, 1.54) is 0 Å². The number of halogens is 3. The molecule has 0 bridgehead atoms. The van der Waals surface area contributed by atoms with E-state index in [1.54, 1.807) is 0 Å². The van der Waals surface area contributed by atoms with E-state index >= 15 is 0 Å². The van der Waals surface area contributed by atoms with Gasteiger partial charge in [-0.15, -0.1) is 0 Å². The normalized spacial score (nSPS) is 10.4. The molecule has 0 fully saturated rings. The van der Waals surface area contributed by atoms with Crippen LogP contribution < -0.4 is 10.6 Å². The molecular weight excluding hydrogens is 293 g/mol. The third-order valence-corrected chi connectivity index (χ3v) is 2.98. The van der Waals surface area contributed by atoms with Crippen molar-refractivity contribution in [3.05, 3.63) is 58.9 Å². The van der Waals surface area contributed by atoms with Crippen LogP contribution in [0.2, 0.25) is 0 Å². The van der Waals surface area contributed by atoms with Gasteiger partial charge in [-0.1, -0.05) is 6.07 Å². The number of rotatable bonds is 4. The maximum Gasteiger partial charge on any atom is 0.243 e. The fourth-order valence-corrected chi connectivity index (χ4v) is 2.08. The van der Waals surface area contributed by atoms with Crippen LogP contribution in [0.25, 0.3) is 0 Å². The van der Waals surface area contributed by atoms with Crippen LogP contribution in [0.4, 0.5) is 24.5 Å². The molecule has 0 atom stereocenters. The standard InChI is InChI=1S/C16H15F3N2O/c1-9-5-10(2)7-11(6-9)20-8-14(22)21-13-4-3-12(17)15(18)16(13)19/h3-7,20H,8H2,1-2H3,(H,21,22). The first-order valence-electron chi connectivity index (χ1n) is 6.62. The van der Waals surface area contributed by atoms with Crippen LogP contribution in [-0.2, 0) is 4.79 Å². The Hall–Kier alpha value is -2.50. The fraction of sp³-hybridized carbons (Fsp3) is 0.188. The predicted molar refractivity (Wildman–Crippen MR) is 79.4 cm³/mol. The van der Waals surface area contributed by atoms with Crippen molar-refractivity contribution < 1.29 is 18.0 Å². The summed E-state index contributed by atoms with van der Waals surface area (Å²) in [7, 11) is 0. The lowest BCUT2D eigenvalue weighted by Gasteiger charge is -2.10. The van der Waals surface area contributed by atoms with E-state index in [4.69, 9.17) is 0 Å². The van der Waals surface area contributed by atoms with E-state index in [0.29, 0.717) is 0 Å². The minimum absolute atomic E-state index is 0.124. The third kappa shape index (κ3) is 3.78. The number of benzene rings is 2. The first-order chi connectivity index (χ1) is 10.4. The van der Waals surface area contributed by atoms with Gasteiger partial charge in [-0.3, -0.25) is 4.79 Å². The lowest BCUT2D eigenvalue weighted by Crippen LogP contribution is -2.22. The van der Waals surface area contributed by atoms with Gasteiger partial charge in [0.15, 0.2) is 17.5 Å². The minimum atomic E-state index is -1.61. The van der Waals surface area contributed by atoms with Gasteiger partial charge < -0.3 is 10.6 Å². The Balaban J connectivity index is 2.00. The van der Waals surface area contributed by atoms with Crippen LogP contribution in [0.3, 0.4) is 0 Å². The summed E-state index contributed by atoms with van der Waals surface area (Å²) in [6.45, 7) is 3.73. The van der Waals surface area contributed by atoms with Gasteiger partial charge in [0, 0.05) is 5.69 Å². The molecule has 0 spiro atoms. The van der Waals surface area contributed by atoms with Crippen LogP contribution >= 0.6 is 0 Å². The zero-order chi connectivity index (χ0) is 16.3. The molecule has 2 N–H and O–H groups in total. The molecule has 0 aliphatic rings. The van der Waals surface area contributed by atoms with Crippen molar-refractivity contribution in [2.24, 2.45) is 0 Å². The van der Waals surface area contributed by atoms with Gasteiger partial charge >= 0.3 is 0 Å². The number of carbonyl (C=O) groups is 1. The Morgan fingerprint density at radius 2 is 1.64 bits per heavy atom. The zero-order valence-corrected chi connectivity index (χ0v) is 12.1. The zero-order valence-electron chi connectivity index (χ0n) is 12.1. The number of aryl methyl sites for hydroxylation is 2. The van der Waals surface area contributed by atoms with E-state index in [2.05, 4.69) is 10.6 Å². The Labute approximate surface area is 126 Å². The predicted octanol–water partition coefficient (Wildman–Crippen LogP) is 3.77. The number of nitrogens with one attached hydrogen (secondary N) is 2. The molecule has 22 heavy (non-hydrogen) atoms. The summed E-state index contributed by atoms with van der Waals surface area (Å²) < 4.78 is 39.3. The molecule has 0 unspecified atom stereocenters. The number of hydrogen-bond acceptors (Lipinski definition) is 2. The molecular formula is C16H15F3N2O. The number of carbonyl (C=O) groups excluding carboxylic acids is 1. The molecule has 0 saturated heterocycles. The first kappa shape index (κ1) is 15.9. The lowest BCUT2D eigenvalue weighted by molar-refractivity contribution is -0.114. The second kappa shape index (κ2) is 6.51. The topological polar surface area (TPSA) is 41.1 Å². The summed E-state index contributed by atoms with van der Waals surface area (Å²) in [5.74, 6) is -4.90. The summed E-state index contributed by atoms with van der Waals surface area (Å²) in [6.07, 6.45) is 0. The smallest absolute Gasteiger partial charge is 0.243 e. The lowest BCUT2D eigenvalue weighted by atomic mass is 10.1. The van der Waals surface area contributed by atoms with Gasteiger partial charge in [0.25, 0.3) is 0 Å². The second-order valence-electron chi connectivity index (χ2n) is 5.00. The van der Waals surface area contributed by atoms with Crippen LogP contribution in [-0.4, -0.2) is 12.5 Å². The Bertz CT molecular complexity index is 697. The maximum absolute atomic E-state index is 13.4. The summed E-state index contributed by atoms with van der Waals surface area (Å²) in [4.78, 5) is 11.7. The molecule has 6 heteroatoms. The fourth-order valence-electron chi connectivity index (χ4n) is 2.08. The molecule has 0 saturated carbocycles. The van der Waals surface area contributed by atoms with Crippen molar-refractivity contribution in [3.8, 4) is 0 Å². The highest BCUT2D eigenvalue weighted by molar-refractivity contribution is 5.93. The first-order valence-corrected chi connectivity index (χ1v) is 6.62. The van der Waals surface area contributed by atoms with E-state index in [9.17, 15) is 18.0 Å². The second-order valence-corrected chi connectivity index (χ2v) is 5.00. The molecule has 116 valence electrons. The minimum Gasteiger partial charge on any atom is -0.376 e. The van der Waals surface area contributed by atoms with E-state index in [1.807, 2.05) is 32.0 Å². The number of anilines is 2. The summed E-state index contributed by atoms with van der Waals surface area (Å²) >= 11 is 0. The van der Waals surface area contributed by atoms with Gasteiger partial charge in [-0.2, -0.15) is 0 Å². The highest BCUT2D eigenvalue weighted by Gasteiger charge is 2.15. The number of hydrogen-bond donors (Lipinski definition) is 2. The van der Waals surface area contributed by atoms with Crippen molar-refractivity contribution in [1.29, 1.82) is 0 Å². The Morgan fingerprint density at radius 3 is 2.27 bits per heavy atom. The molecule has 1 amide bonds. The van der Waals surface area contributed by atoms with Crippen molar-refractivity contribution in [1.82, 2.24) is 0 Å². The van der Waals surface area contributed by atoms with Crippen molar-refractivity contribution in [2.45, 2.75) is 13.8 Å². The average Bonchev–Trinajstić information content (AvgIpc) is 2.45. The molecule has 0 heterocycles. The molecule has 3 nitrogen and oxygen atoms in total. The van der Waals surface area contributed by atoms with Gasteiger partial charge in [0.2, 0.25) is 5.91 Å². The molecule has 2 aromatic carbocycles. The third-order valence-electron chi connectivity index (χ3n) is 2.98. The van der Waals surface area contributed by atoms with Crippen LogP contribution in [0.15, 0.2) is 30.3 Å². The SMILES string of the molecule is Cc1cc(C)cc(NCC(=O)Nc2ccc(F)c(F)c2F)c1. The van der Waals surface area contributed by atoms with Crippen molar-refractivity contribution in [3.63, 3.8) is 0 Å². The quantitative estimate of drug-likeness (QED) is 0.844. The van der Waals surface area contributed by atoms with Crippen molar-refractivity contribution in [2.75, 3.05) is 17.2 Å². The van der Waals surface area contributed by atoms with E-state index in [0.717, 1.165) is 28.9 Å². The molecule has 2 rings (SSSR count). The van der Waals surface area contributed by atoms with Crippen LogP contribution in [0.1, 0.15) is 11.1 Å². The van der Waals surface area contributed by atoms with Gasteiger partial charge in [0.1, 0.15) is 0 Å². The largest absolute Gasteiger partial charge is 0.376 e. The monoisotopic (exact) mass is 308 g/mol. The maximum atomic E-state index is 13.4. The average molecular weight is 308 g/mol. The number of amides is 1. The van der Waals surface area contributed by atoms with Crippen molar-refractivity contribution >= 4 is 17.3 Å². The summed E-state index contributed by atoms with van der Waals surface area (Å²) in [5, 5.41) is 5.08. The summed E-state index contributed by atoms with van der Waals surface area (Å²) in [5.41, 5.74) is 2.42. The van der Waals surface area contributed by atoms with Crippen LogP contribution in [0, 0.1) is 31.3 Å². The highest BCUT2D eigenvalue weighted by Crippen LogP contribution is 2.19. The van der Waals surface area contributed by atoms with E-state index in [-0.39, 0.29) is 6.54 Å². The molecule has 0 aliphatic heterocycles. The Morgan fingerprint density at radius 1 is 1.00 bits per heavy atom. The Kier molecular flexibility index (Phi) is 4.70. The summed E-state index contributed by atoms with van der Waals surface area (Å²) in [6, 6.07) is 7.44. The van der Waals surface area contributed by atoms with Gasteiger partial charge in [-0.25, -0.2) is 13.2 Å². The van der Waals surface area contributed by atoms with Crippen LogP contribution in [0.5, 0.6) is 0 Å².